The van der Waals surface area contributed by atoms with Crippen molar-refractivity contribution in [2.24, 2.45) is 22.2 Å². The van der Waals surface area contributed by atoms with Gasteiger partial charge >= 0.3 is 11.9 Å². The van der Waals surface area contributed by atoms with Gasteiger partial charge in [-0.05, 0) is 49.9 Å². The van der Waals surface area contributed by atoms with Crippen molar-refractivity contribution in [1.29, 1.82) is 0 Å². The number of esters is 2. The highest BCUT2D eigenvalue weighted by Gasteiger charge is 2.62. The fourth-order valence-electron chi connectivity index (χ4n) is 6.20. The Bertz CT molecular complexity index is 435. The van der Waals surface area contributed by atoms with Crippen molar-refractivity contribution in [1.82, 2.24) is 0 Å². The van der Waals surface area contributed by atoms with E-state index in [4.69, 9.17) is 9.47 Å². The van der Waals surface area contributed by atoms with Gasteiger partial charge < -0.3 is 9.47 Å². The van der Waals surface area contributed by atoms with E-state index in [1.807, 2.05) is 0 Å². The molecular weight excluding hydrogens is 268 g/mol. The van der Waals surface area contributed by atoms with Crippen LogP contribution in [-0.2, 0) is 19.1 Å². The van der Waals surface area contributed by atoms with Crippen LogP contribution < -0.4 is 0 Å². The van der Waals surface area contributed by atoms with Gasteiger partial charge in [-0.1, -0.05) is 6.92 Å². The van der Waals surface area contributed by atoms with Gasteiger partial charge in [0, 0.05) is 24.7 Å². The van der Waals surface area contributed by atoms with Crippen LogP contribution in [0.15, 0.2) is 0 Å². The van der Waals surface area contributed by atoms with Gasteiger partial charge in [-0.15, -0.1) is 0 Å². The molecule has 0 heterocycles. The lowest BCUT2D eigenvalue weighted by Gasteiger charge is -2.65. The molecule has 4 heteroatoms. The van der Waals surface area contributed by atoms with Crippen molar-refractivity contribution in [3.05, 3.63) is 0 Å². The predicted molar refractivity (Wildman–Crippen MR) is 77.4 cm³/mol. The van der Waals surface area contributed by atoms with Gasteiger partial charge in [0.1, 0.15) is 0 Å². The Kier molecular flexibility index (Phi) is 3.34. The third-order valence-electron chi connectivity index (χ3n) is 5.74. The van der Waals surface area contributed by atoms with Crippen LogP contribution in [0.3, 0.4) is 0 Å². The minimum Gasteiger partial charge on any atom is -0.465 e. The zero-order chi connectivity index (χ0) is 15.3. The highest BCUT2D eigenvalue weighted by molar-refractivity contribution is 5.66. The van der Waals surface area contributed by atoms with Gasteiger partial charge in [-0.2, -0.15) is 0 Å². The van der Waals surface area contributed by atoms with Gasteiger partial charge in [0.05, 0.1) is 13.2 Å². The minimum atomic E-state index is -0.190. The van der Waals surface area contributed by atoms with Crippen molar-refractivity contribution in [3.8, 4) is 0 Å². The first kappa shape index (κ1) is 14.9. The fourth-order valence-corrected chi connectivity index (χ4v) is 6.20. The van der Waals surface area contributed by atoms with Crippen molar-refractivity contribution >= 4 is 11.9 Å². The van der Waals surface area contributed by atoms with Crippen LogP contribution in [0.1, 0.15) is 59.3 Å². The van der Waals surface area contributed by atoms with Gasteiger partial charge in [0.25, 0.3) is 0 Å². The van der Waals surface area contributed by atoms with E-state index in [-0.39, 0.29) is 22.8 Å². The molecular formula is C17H26O4. The molecule has 0 aromatic rings. The molecule has 4 rings (SSSR count). The van der Waals surface area contributed by atoms with Gasteiger partial charge in [-0.25, -0.2) is 0 Å². The zero-order valence-corrected chi connectivity index (χ0v) is 13.4. The molecule has 4 bridgehead atoms. The standard InChI is InChI=1S/C17H26O4/c1-12(18)20-10-16-5-14-4-15(3,7-16)8-17(6-14,9-16)11-21-13(2)19/h14H,4-11H2,1-3H3. The third-order valence-corrected chi connectivity index (χ3v) is 5.74. The molecule has 2 unspecified atom stereocenters. The molecule has 21 heavy (non-hydrogen) atoms. The predicted octanol–water partition coefficient (Wildman–Crippen LogP) is 3.09. The molecule has 0 aromatic carbocycles. The summed E-state index contributed by atoms with van der Waals surface area (Å²) in [6.07, 6.45) is 6.93. The van der Waals surface area contributed by atoms with Crippen molar-refractivity contribution in [2.75, 3.05) is 13.2 Å². The van der Waals surface area contributed by atoms with E-state index >= 15 is 0 Å². The summed E-state index contributed by atoms with van der Waals surface area (Å²) in [6.45, 7) is 6.41. The molecule has 4 aliphatic rings. The lowest BCUT2D eigenvalue weighted by Crippen LogP contribution is -2.58. The maximum atomic E-state index is 11.2. The summed E-state index contributed by atoms with van der Waals surface area (Å²) in [7, 11) is 0. The van der Waals surface area contributed by atoms with Gasteiger partial charge in [0.15, 0.2) is 0 Å². The average Bonchev–Trinajstić information content (AvgIpc) is 2.31. The van der Waals surface area contributed by atoms with E-state index in [1.54, 1.807) is 0 Å². The SMILES string of the molecule is CC(=O)OCC12CC3CC(C)(C1)CC(COC(C)=O)(C3)C2. The summed E-state index contributed by atoms with van der Waals surface area (Å²) < 4.78 is 10.8. The van der Waals surface area contributed by atoms with Crippen molar-refractivity contribution < 1.29 is 19.1 Å². The number of hydrogen-bond acceptors (Lipinski definition) is 4. The van der Waals surface area contributed by atoms with Crippen molar-refractivity contribution in [3.63, 3.8) is 0 Å². The van der Waals surface area contributed by atoms with Crippen LogP contribution in [0.25, 0.3) is 0 Å². The summed E-state index contributed by atoms with van der Waals surface area (Å²) in [5.41, 5.74) is 0.541. The molecule has 0 N–H and O–H groups in total. The van der Waals surface area contributed by atoms with Crippen LogP contribution in [0, 0.1) is 22.2 Å². The molecule has 4 aliphatic carbocycles. The maximum Gasteiger partial charge on any atom is 0.302 e. The Hall–Kier alpha value is -1.06. The zero-order valence-electron chi connectivity index (χ0n) is 13.4. The Morgan fingerprint density at radius 1 is 0.905 bits per heavy atom. The van der Waals surface area contributed by atoms with E-state index in [0.717, 1.165) is 32.1 Å². The summed E-state index contributed by atoms with van der Waals surface area (Å²) in [5, 5.41) is 0. The van der Waals surface area contributed by atoms with Crippen LogP contribution in [0.2, 0.25) is 0 Å². The molecule has 4 saturated carbocycles. The van der Waals surface area contributed by atoms with Crippen LogP contribution in [0.4, 0.5) is 0 Å². The molecule has 4 fully saturated rings. The molecule has 0 aliphatic heterocycles. The second kappa shape index (κ2) is 4.72. The quantitative estimate of drug-likeness (QED) is 0.748. The number of hydrogen-bond donors (Lipinski definition) is 0. The lowest BCUT2D eigenvalue weighted by molar-refractivity contribution is -0.195. The summed E-state index contributed by atoms with van der Waals surface area (Å²) in [6, 6.07) is 0. The fraction of sp³-hybridized carbons (Fsp3) is 0.882. The number of carbonyl (C=O) groups is 2. The smallest absolute Gasteiger partial charge is 0.302 e. The maximum absolute atomic E-state index is 11.2. The Labute approximate surface area is 126 Å². The summed E-state index contributed by atoms with van der Waals surface area (Å²) >= 11 is 0. The number of ether oxygens (including phenoxy) is 2. The number of rotatable bonds is 4. The highest BCUT2D eigenvalue weighted by Crippen LogP contribution is 2.69. The van der Waals surface area contributed by atoms with Crippen LogP contribution in [0.5, 0.6) is 0 Å². The normalized spacial score (nSPS) is 43.7. The summed E-state index contributed by atoms with van der Waals surface area (Å²) in [5.74, 6) is 0.312. The first-order valence-electron chi connectivity index (χ1n) is 8.01. The molecule has 0 spiro atoms. The average molecular weight is 294 g/mol. The second-order valence-electron chi connectivity index (χ2n) is 8.38. The van der Waals surface area contributed by atoms with E-state index in [9.17, 15) is 9.59 Å². The summed E-state index contributed by atoms with van der Waals surface area (Å²) in [4.78, 5) is 22.4. The molecule has 4 nitrogen and oxygen atoms in total. The topological polar surface area (TPSA) is 52.6 Å². The second-order valence-corrected chi connectivity index (χ2v) is 8.38. The first-order chi connectivity index (χ1) is 9.74. The van der Waals surface area contributed by atoms with Gasteiger partial charge in [-0.3, -0.25) is 9.59 Å². The lowest BCUT2D eigenvalue weighted by atomic mass is 9.40. The Morgan fingerprint density at radius 2 is 1.38 bits per heavy atom. The largest absolute Gasteiger partial charge is 0.465 e. The minimum absolute atomic E-state index is 0.111. The van der Waals surface area contributed by atoms with E-state index in [0.29, 0.717) is 24.5 Å². The van der Waals surface area contributed by atoms with Crippen LogP contribution in [-0.4, -0.2) is 25.2 Å². The monoisotopic (exact) mass is 294 g/mol. The molecule has 118 valence electrons. The van der Waals surface area contributed by atoms with E-state index in [2.05, 4.69) is 6.92 Å². The highest BCUT2D eigenvalue weighted by atomic mass is 16.5. The van der Waals surface area contributed by atoms with Crippen molar-refractivity contribution in [2.45, 2.75) is 59.3 Å². The van der Waals surface area contributed by atoms with E-state index < -0.39 is 0 Å². The Morgan fingerprint density at radius 3 is 1.76 bits per heavy atom. The van der Waals surface area contributed by atoms with Crippen LogP contribution >= 0.6 is 0 Å². The van der Waals surface area contributed by atoms with E-state index in [1.165, 1.54) is 20.3 Å². The first-order valence-corrected chi connectivity index (χ1v) is 8.01. The molecule has 0 aromatic heterocycles. The van der Waals surface area contributed by atoms with Gasteiger partial charge in [0.2, 0.25) is 0 Å². The Balaban J connectivity index is 1.81. The molecule has 0 saturated heterocycles. The third kappa shape index (κ3) is 2.82. The number of carbonyl (C=O) groups excluding carboxylic acids is 2. The molecule has 0 radical (unpaired) electrons. The molecule has 2 atom stereocenters. The molecule has 0 amide bonds.